The van der Waals surface area contributed by atoms with Gasteiger partial charge in [0.2, 0.25) is 0 Å². The first-order chi connectivity index (χ1) is 9.74. The molecule has 20 heavy (non-hydrogen) atoms. The van der Waals surface area contributed by atoms with Crippen molar-refractivity contribution < 1.29 is 15.0 Å². The zero-order valence-corrected chi connectivity index (χ0v) is 11.8. The summed E-state index contributed by atoms with van der Waals surface area (Å²) in [6.45, 7) is 0.151. The summed E-state index contributed by atoms with van der Waals surface area (Å²) in [5, 5.41) is 18.1. The van der Waals surface area contributed by atoms with Crippen molar-refractivity contribution in [2.24, 2.45) is 0 Å². The molecule has 0 saturated heterocycles. The minimum absolute atomic E-state index is 0.151. The Hall–Kier alpha value is -1.78. The molecule has 0 bridgehead atoms. The average Bonchev–Trinajstić information content (AvgIpc) is 2.48. The Morgan fingerprint density at radius 3 is 2.35 bits per heavy atom. The lowest BCUT2D eigenvalue weighted by atomic mass is 9.96. The molecule has 0 amide bonds. The highest BCUT2D eigenvalue weighted by Crippen LogP contribution is 2.29. The molecule has 0 aliphatic heterocycles. The number of hydrogen-bond donors (Lipinski definition) is 2. The third-order valence-corrected chi connectivity index (χ3v) is 3.94. The predicted molar refractivity (Wildman–Crippen MR) is 82.1 cm³/mol. The molecule has 0 unspecified atom stereocenters. The molecular weight excluding hydrogens is 272 g/mol. The van der Waals surface area contributed by atoms with Crippen molar-refractivity contribution in [2.75, 3.05) is 12.4 Å². The third kappa shape index (κ3) is 3.40. The van der Waals surface area contributed by atoms with Crippen LogP contribution >= 0.6 is 11.8 Å². The van der Waals surface area contributed by atoms with Crippen LogP contribution in [0.1, 0.15) is 15.9 Å². The Bertz CT molecular complexity index is 596. The first-order valence-corrected chi connectivity index (χ1v) is 7.48. The lowest BCUT2D eigenvalue weighted by Crippen LogP contribution is -2.00. The van der Waals surface area contributed by atoms with Gasteiger partial charge in [-0.05, 0) is 22.8 Å². The smallest absolute Gasteiger partial charge is 0.336 e. The van der Waals surface area contributed by atoms with E-state index in [-0.39, 0.29) is 6.61 Å². The second-order valence-corrected chi connectivity index (χ2v) is 5.39. The number of benzene rings is 2. The molecule has 0 aliphatic rings. The van der Waals surface area contributed by atoms with Crippen molar-refractivity contribution in [3.63, 3.8) is 0 Å². The van der Waals surface area contributed by atoms with Gasteiger partial charge in [0.1, 0.15) is 0 Å². The van der Waals surface area contributed by atoms with E-state index in [1.54, 1.807) is 23.9 Å². The van der Waals surface area contributed by atoms with Gasteiger partial charge < -0.3 is 10.2 Å². The molecule has 0 saturated carbocycles. The Morgan fingerprint density at radius 1 is 1.00 bits per heavy atom. The van der Waals surface area contributed by atoms with Crippen molar-refractivity contribution in [3.05, 3.63) is 59.7 Å². The van der Waals surface area contributed by atoms with Gasteiger partial charge in [0.25, 0.3) is 0 Å². The number of aliphatic hydroxyl groups excluding tert-OH is 1. The minimum atomic E-state index is -0.918. The van der Waals surface area contributed by atoms with E-state index in [1.807, 2.05) is 36.4 Å². The van der Waals surface area contributed by atoms with Crippen molar-refractivity contribution in [1.29, 1.82) is 0 Å². The molecule has 0 heterocycles. The van der Waals surface area contributed by atoms with Crippen LogP contribution in [0.5, 0.6) is 0 Å². The molecule has 0 atom stereocenters. The second-order valence-electron chi connectivity index (χ2n) is 4.28. The highest BCUT2D eigenvalue weighted by molar-refractivity contribution is 7.98. The molecule has 0 aliphatic carbocycles. The first-order valence-electron chi connectivity index (χ1n) is 6.33. The predicted octanol–water partition coefficient (Wildman–Crippen LogP) is 3.28. The summed E-state index contributed by atoms with van der Waals surface area (Å²) in [7, 11) is 0. The van der Waals surface area contributed by atoms with E-state index in [9.17, 15) is 9.90 Å². The van der Waals surface area contributed by atoms with Gasteiger partial charge in [-0.2, -0.15) is 11.8 Å². The number of carbonyl (C=O) groups is 1. The van der Waals surface area contributed by atoms with Crippen LogP contribution in [0.15, 0.2) is 48.5 Å². The van der Waals surface area contributed by atoms with Crippen LogP contribution in [0.3, 0.4) is 0 Å². The molecule has 0 aromatic heterocycles. The topological polar surface area (TPSA) is 57.5 Å². The number of aliphatic hydroxyl groups is 1. The fraction of sp³-hybridized carbons (Fsp3) is 0.188. The maximum Gasteiger partial charge on any atom is 0.336 e. The van der Waals surface area contributed by atoms with Gasteiger partial charge in [-0.1, -0.05) is 42.5 Å². The lowest BCUT2D eigenvalue weighted by molar-refractivity contribution is 0.0697. The largest absolute Gasteiger partial charge is 0.478 e. The zero-order chi connectivity index (χ0) is 14.4. The van der Waals surface area contributed by atoms with E-state index >= 15 is 0 Å². The quantitative estimate of drug-likeness (QED) is 0.801. The van der Waals surface area contributed by atoms with E-state index in [4.69, 9.17) is 5.11 Å². The van der Waals surface area contributed by atoms with Crippen LogP contribution in [0.2, 0.25) is 0 Å². The SMILES string of the molecule is O=C(O)c1ccccc1-c1ccccc1CSCCO. The molecule has 4 heteroatoms. The molecular formula is C16H16O3S. The number of carboxylic acid groups (broad SMARTS) is 1. The van der Waals surface area contributed by atoms with Crippen LogP contribution in [-0.4, -0.2) is 28.5 Å². The van der Waals surface area contributed by atoms with Gasteiger partial charge in [0.05, 0.1) is 12.2 Å². The van der Waals surface area contributed by atoms with Crippen LogP contribution in [0, 0.1) is 0 Å². The van der Waals surface area contributed by atoms with E-state index in [0.717, 1.165) is 22.4 Å². The van der Waals surface area contributed by atoms with Crippen molar-refractivity contribution in [1.82, 2.24) is 0 Å². The highest BCUT2D eigenvalue weighted by atomic mass is 32.2. The van der Waals surface area contributed by atoms with Crippen LogP contribution in [0.4, 0.5) is 0 Å². The maximum atomic E-state index is 11.3. The third-order valence-electron chi connectivity index (χ3n) is 2.96. The van der Waals surface area contributed by atoms with Gasteiger partial charge in [0, 0.05) is 11.5 Å². The highest BCUT2D eigenvalue weighted by Gasteiger charge is 2.13. The summed E-state index contributed by atoms with van der Waals surface area (Å²) in [6, 6.07) is 14.8. The van der Waals surface area contributed by atoms with E-state index in [0.29, 0.717) is 11.3 Å². The zero-order valence-electron chi connectivity index (χ0n) is 11.0. The summed E-state index contributed by atoms with van der Waals surface area (Å²) >= 11 is 1.63. The summed E-state index contributed by atoms with van der Waals surface area (Å²) in [4.78, 5) is 11.3. The molecule has 2 rings (SSSR count). The van der Waals surface area contributed by atoms with Gasteiger partial charge in [-0.25, -0.2) is 4.79 Å². The van der Waals surface area contributed by atoms with Crippen molar-refractivity contribution in [3.8, 4) is 11.1 Å². The standard InChI is InChI=1S/C16H16O3S/c17-9-10-20-11-12-5-1-2-6-13(12)14-7-3-4-8-15(14)16(18)19/h1-8,17H,9-11H2,(H,18,19). The van der Waals surface area contributed by atoms with Crippen LogP contribution in [-0.2, 0) is 5.75 Å². The number of aromatic carboxylic acids is 1. The molecule has 2 N–H and O–H groups in total. The van der Waals surface area contributed by atoms with E-state index < -0.39 is 5.97 Å². The molecule has 2 aromatic carbocycles. The summed E-state index contributed by atoms with van der Waals surface area (Å²) in [5.74, 6) is 0.512. The van der Waals surface area contributed by atoms with Crippen LogP contribution in [0.25, 0.3) is 11.1 Å². The number of thioether (sulfide) groups is 1. The second kappa shape index (κ2) is 7.12. The first kappa shape index (κ1) is 14.6. The Labute approximate surface area is 122 Å². The lowest BCUT2D eigenvalue weighted by Gasteiger charge is -2.11. The summed E-state index contributed by atoms with van der Waals surface area (Å²) in [5.41, 5.74) is 3.07. The Kier molecular flexibility index (Phi) is 5.21. The van der Waals surface area contributed by atoms with Gasteiger partial charge in [-0.15, -0.1) is 0 Å². The number of rotatable bonds is 6. The summed E-state index contributed by atoms with van der Waals surface area (Å²) in [6.07, 6.45) is 0. The minimum Gasteiger partial charge on any atom is -0.478 e. The summed E-state index contributed by atoms with van der Waals surface area (Å²) < 4.78 is 0. The maximum absolute atomic E-state index is 11.3. The Balaban J connectivity index is 2.40. The molecule has 0 spiro atoms. The van der Waals surface area contributed by atoms with Gasteiger partial charge >= 0.3 is 5.97 Å². The van der Waals surface area contributed by atoms with Crippen molar-refractivity contribution in [2.45, 2.75) is 5.75 Å². The molecule has 0 radical (unpaired) electrons. The fourth-order valence-corrected chi connectivity index (χ4v) is 2.81. The monoisotopic (exact) mass is 288 g/mol. The van der Waals surface area contributed by atoms with Gasteiger partial charge in [0.15, 0.2) is 0 Å². The van der Waals surface area contributed by atoms with Gasteiger partial charge in [-0.3, -0.25) is 0 Å². The van der Waals surface area contributed by atoms with E-state index in [1.165, 1.54) is 0 Å². The fourth-order valence-electron chi connectivity index (χ4n) is 2.06. The van der Waals surface area contributed by atoms with Crippen LogP contribution < -0.4 is 0 Å². The average molecular weight is 288 g/mol. The number of carboxylic acids is 1. The molecule has 3 nitrogen and oxygen atoms in total. The van der Waals surface area contributed by atoms with Crippen molar-refractivity contribution >= 4 is 17.7 Å². The molecule has 0 fully saturated rings. The normalized spacial score (nSPS) is 10.4. The van der Waals surface area contributed by atoms with E-state index in [2.05, 4.69) is 0 Å². The molecule has 104 valence electrons. The Morgan fingerprint density at radius 2 is 1.65 bits per heavy atom. The molecule has 2 aromatic rings. The number of hydrogen-bond acceptors (Lipinski definition) is 3.